The number of amides is 1. The summed E-state index contributed by atoms with van der Waals surface area (Å²) in [7, 11) is 0. The first-order chi connectivity index (χ1) is 9.78. The van der Waals surface area contributed by atoms with E-state index < -0.39 is 28.9 Å². The van der Waals surface area contributed by atoms with Crippen molar-refractivity contribution in [2.45, 2.75) is 25.2 Å². The number of carboxylic acids is 1. The van der Waals surface area contributed by atoms with Crippen molar-refractivity contribution in [2.24, 2.45) is 5.41 Å². The summed E-state index contributed by atoms with van der Waals surface area (Å²) >= 11 is 0.929. The van der Waals surface area contributed by atoms with E-state index in [1.807, 2.05) is 0 Å². The van der Waals surface area contributed by atoms with E-state index in [4.69, 9.17) is 5.11 Å². The Morgan fingerprint density at radius 2 is 2.05 bits per heavy atom. The molecule has 4 nitrogen and oxygen atoms in total. The Balaban J connectivity index is 2.49. The summed E-state index contributed by atoms with van der Waals surface area (Å²) in [6.07, 6.45) is 0.377. The Bertz CT molecular complexity index is 539. The number of carbonyl (C=O) groups excluding carboxylic acids is 1. The third kappa shape index (κ3) is 5.00. The number of rotatable bonds is 7. The van der Waals surface area contributed by atoms with Crippen LogP contribution in [0.2, 0.25) is 0 Å². The molecule has 0 saturated carbocycles. The van der Waals surface area contributed by atoms with Gasteiger partial charge in [-0.05, 0) is 25.5 Å². The highest BCUT2D eigenvalue weighted by molar-refractivity contribution is 8.00. The zero-order chi connectivity index (χ0) is 16.0. The molecule has 0 heterocycles. The molecule has 0 aliphatic rings. The van der Waals surface area contributed by atoms with E-state index in [9.17, 15) is 18.4 Å². The van der Waals surface area contributed by atoms with Gasteiger partial charge in [0.1, 0.15) is 11.6 Å². The van der Waals surface area contributed by atoms with E-state index in [1.165, 1.54) is 6.07 Å². The number of aliphatic carboxylic acids is 1. The van der Waals surface area contributed by atoms with Crippen LogP contribution in [-0.4, -0.2) is 29.3 Å². The maximum absolute atomic E-state index is 13.4. The molecule has 0 aliphatic heterocycles. The molecule has 21 heavy (non-hydrogen) atoms. The van der Waals surface area contributed by atoms with Crippen LogP contribution in [0.25, 0.3) is 0 Å². The van der Waals surface area contributed by atoms with Gasteiger partial charge in [0, 0.05) is 17.5 Å². The summed E-state index contributed by atoms with van der Waals surface area (Å²) in [6, 6.07) is 3.12. The molecule has 0 bridgehead atoms. The van der Waals surface area contributed by atoms with Crippen LogP contribution in [0.4, 0.5) is 8.78 Å². The highest BCUT2D eigenvalue weighted by atomic mass is 32.2. The summed E-state index contributed by atoms with van der Waals surface area (Å²) in [4.78, 5) is 22.9. The first kappa shape index (κ1) is 17.4. The largest absolute Gasteiger partial charge is 0.481 e. The maximum atomic E-state index is 13.4. The SMILES string of the molecule is CCC(C)(CNC(=O)CSc1ccc(F)cc1F)C(=O)O. The summed E-state index contributed by atoms with van der Waals surface area (Å²) in [6.45, 7) is 3.27. The number of thioether (sulfide) groups is 1. The number of halogens is 2. The topological polar surface area (TPSA) is 66.4 Å². The predicted molar refractivity (Wildman–Crippen MR) is 76.1 cm³/mol. The van der Waals surface area contributed by atoms with Crippen molar-refractivity contribution in [2.75, 3.05) is 12.3 Å². The number of carbonyl (C=O) groups is 2. The van der Waals surface area contributed by atoms with Gasteiger partial charge in [-0.2, -0.15) is 0 Å². The Hall–Kier alpha value is -1.63. The summed E-state index contributed by atoms with van der Waals surface area (Å²) in [5.41, 5.74) is -1.03. The minimum atomic E-state index is -1.03. The van der Waals surface area contributed by atoms with E-state index in [0.717, 1.165) is 23.9 Å². The van der Waals surface area contributed by atoms with Gasteiger partial charge in [0.2, 0.25) is 5.91 Å². The van der Waals surface area contributed by atoms with Crippen molar-refractivity contribution in [3.63, 3.8) is 0 Å². The highest BCUT2D eigenvalue weighted by Crippen LogP contribution is 2.23. The lowest BCUT2D eigenvalue weighted by Crippen LogP contribution is -2.41. The number of nitrogens with one attached hydrogen (secondary N) is 1. The molecule has 2 N–H and O–H groups in total. The van der Waals surface area contributed by atoms with Gasteiger partial charge in [-0.3, -0.25) is 9.59 Å². The number of benzene rings is 1. The van der Waals surface area contributed by atoms with Crippen molar-refractivity contribution in [3.8, 4) is 0 Å². The van der Waals surface area contributed by atoms with Crippen LogP contribution >= 0.6 is 11.8 Å². The normalized spacial score (nSPS) is 13.5. The van der Waals surface area contributed by atoms with Crippen molar-refractivity contribution < 1.29 is 23.5 Å². The smallest absolute Gasteiger partial charge is 0.311 e. The van der Waals surface area contributed by atoms with Crippen LogP contribution in [0.3, 0.4) is 0 Å². The monoisotopic (exact) mass is 317 g/mol. The van der Waals surface area contributed by atoms with Gasteiger partial charge in [-0.25, -0.2) is 8.78 Å². The second-order valence-electron chi connectivity index (χ2n) is 4.86. The zero-order valence-electron chi connectivity index (χ0n) is 11.8. The maximum Gasteiger partial charge on any atom is 0.311 e. The van der Waals surface area contributed by atoms with Crippen LogP contribution in [0.5, 0.6) is 0 Å². The molecular weight excluding hydrogens is 300 g/mol. The van der Waals surface area contributed by atoms with E-state index in [-0.39, 0.29) is 17.2 Å². The highest BCUT2D eigenvalue weighted by Gasteiger charge is 2.31. The first-order valence-electron chi connectivity index (χ1n) is 6.36. The summed E-state index contributed by atoms with van der Waals surface area (Å²) < 4.78 is 26.1. The van der Waals surface area contributed by atoms with Gasteiger partial charge in [0.25, 0.3) is 0 Å². The van der Waals surface area contributed by atoms with Crippen LogP contribution < -0.4 is 5.32 Å². The molecule has 1 aromatic carbocycles. The minimum Gasteiger partial charge on any atom is -0.481 e. The number of carboxylic acid groups (broad SMARTS) is 1. The molecule has 1 unspecified atom stereocenters. The van der Waals surface area contributed by atoms with Crippen molar-refractivity contribution in [1.82, 2.24) is 5.32 Å². The molecule has 1 aromatic rings. The third-order valence-electron chi connectivity index (χ3n) is 3.23. The second-order valence-corrected chi connectivity index (χ2v) is 5.88. The Kier molecular flexibility index (Phi) is 6.14. The number of hydrogen-bond donors (Lipinski definition) is 2. The lowest BCUT2D eigenvalue weighted by atomic mass is 9.88. The molecule has 0 radical (unpaired) electrons. The van der Waals surface area contributed by atoms with Crippen LogP contribution in [0.15, 0.2) is 23.1 Å². The van der Waals surface area contributed by atoms with Gasteiger partial charge >= 0.3 is 5.97 Å². The van der Waals surface area contributed by atoms with Crippen LogP contribution in [-0.2, 0) is 9.59 Å². The van der Waals surface area contributed by atoms with E-state index in [1.54, 1.807) is 13.8 Å². The summed E-state index contributed by atoms with van der Waals surface area (Å²) in [5, 5.41) is 11.6. The molecule has 1 amide bonds. The van der Waals surface area contributed by atoms with Crippen molar-refractivity contribution in [1.29, 1.82) is 0 Å². The second kappa shape index (κ2) is 7.40. The molecule has 1 atom stereocenters. The van der Waals surface area contributed by atoms with Crippen molar-refractivity contribution >= 4 is 23.6 Å². The van der Waals surface area contributed by atoms with Gasteiger partial charge in [-0.15, -0.1) is 11.8 Å². The first-order valence-corrected chi connectivity index (χ1v) is 7.35. The van der Waals surface area contributed by atoms with Gasteiger partial charge in [0.15, 0.2) is 0 Å². The molecule has 116 valence electrons. The molecule has 0 fully saturated rings. The van der Waals surface area contributed by atoms with Crippen LogP contribution in [0.1, 0.15) is 20.3 Å². The van der Waals surface area contributed by atoms with Gasteiger partial charge < -0.3 is 10.4 Å². The average molecular weight is 317 g/mol. The standard InChI is InChI=1S/C14H17F2NO3S/c1-3-14(2,13(19)20)8-17-12(18)7-21-11-5-4-9(15)6-10(11)16/h4-6H,3,7-8H2,1-2H3,(H,17,18)(H,19,20). The molecule has 0 aromatic heterocycles. The Labute approximate surface area is 125 Å². The molecule has 1 rings (SSSR count). The Morgan fingerprint density at radius 3 is 2.57 bits per heavy atom. The van der Waals surface area contributed by atoms with E-state index in [0.29, 0.717) is 6.42 Å². The Morgan fingerprint density at radius 1 is 1.38 bits per heavy atom. The molecule has 7 heteroatoms. The van der Waals surface area contributed by atoms with Crippen molar-refractivity contribution in [3.05, 3.63) is 29.8 Å². The fraction of sp³-hybridized carbons (Fsp3) is 0.429. The minimum absolute atomic E-state index is 0.00409. The lowest BCUT2D eigenvalue weighted by Gasteiger charge is -2.23. The fourth-order valence-electron chi connectivity index (χ4n) is 1.43. The molecule has 0 aliphatic carbocycles. The third-order valence-corrected chi connectivity index (χ3v) is 4.27. The lowest BCUT2D eigenvalue weighted by molar-refractivity contribution is -0.148. The quantitative estimate of drug-likeness (QED) is 0.759. The average Bonchev–Trinajstić information content (AvgIpc) is 2.43. The molecular formula is C14H17F2NO3S. The van der Waals surface area contributed by atoms with E-state index in [2.05, 4.69) is 5.32 Å². The fourth-order valence-corrected chi connectivity index (χ4v) is 2.18. The predicted octanol–water partition coefficient (Wildman–Crippen LogP) is 2.67. The van der Waals surface area contributed by atoms with Gasteiger partial charge in [-0.1, -0.05) is 6.92 Å². The van der Waals surface area contributed by atoms with Crippen LogP contribution in [0, 0.1) is 17.0 Å². The number of hydrogen-bond acceptors (Lipinski definition) is 3. The molecule has 0 saturated heterocycles. The molecule has 0 spiro atoms. The zero-order valence-corrected chi connectivity index (χ0v) is 12.6. The van der Waals surface area contributed by atoms with Gasteiger partial charge in [0.05, 0.1) is 11.2 Å². The summed E-state index contributed by atoms with van der Waals surface area (Å²) in [5.74, 6) is -2.85. The van der Waals surface area contributed by atoms with E-state index >= 15 is 0 Å².